The Morgan fingerprint density at radius 2 is 0.963 bits per heavy atom. The molecule has 0 aliphatic heterocycles. The third-order valence-corrected chi connectivity index (χ3v) is 6.46. The molecule has 0 saturated heterocycles. The molecule has 0 fully saturated rings. The molecule has 3 aromatic rings. The number of carbonyl (C=O) groups is 1. The molecule has 0 N–H and O–H groups in total. The van der Waals surface area contributed by atoms with E-state index in [2.05, 4.69) is 0 Å². The van der Waals surface area contributed by atoms with Crippen LogP contribution in [-0.2, 0) is 23.8 Å². The summed E-state index contributed by atoms with van der Waals surface area (Å²) < 4.78 is 23.4. The molecule has 0 saturated carbocycles. The molecule has 0 amide bonds. The van der Waals surface area contributed by atoms with Crippen molar-refractivity contribution in [3.63, 3.8) is 0 Å². The molecule has 3 rings (SSSR count). The molecular weight excluding hydrogens is 359 g/mol. The van der Waals surface area contributed by atoms with Crippen molar-refractivity contribution >= 4 is 13.1 Å². The van der Waals surface area contributed by atoms with Crippen LogP contribution in [0, 0.1) is 0 Å². The first kappa shape index (κ1) is 19.2. The Labute approximate surface area is 159 Å². The van der Waals surface area contributed by atoms with Crippen molar-refractivity contribution in [2.45, 2.75) is 5.41 Å². The highest BCUT2D eigenvalue weighted by molar-refractivity contribution is 7.72. The first-order chi connectivity index (χ1) is 13.1. The van der Waals surface area contributed by atoms with Gasteiger partial charge >= 0.3 is 7.60 Å². The van der Waals surface area contributed by atoms with Gasteiger partial charge in [0, 0.05) is 14.2 Å². The van der Waals surface area contributed by atoms with Crippen LogP contribution < -0.4 is 0 Å². The van der Waals surface area contributed by atoms with Crippen molar-refractivity contribution < 1.29 is 18.4 Å². The Morgan fingerprint density at radius 1 is 0.667 bits per heavy atom. The topological polar surface area (TPSA) is 52.6 Å². The number of hydrogen-bond acceptors (Lipinski definition) is 4. The van der Waals surface area contributed by atoms with Gasteiger partial charge < -0.3 is 9.05 Å². The van der Waals surface area contributed by atoms with Crippen LogP contribution in [0.5, 0.6) is 0 Å². The third-order valence-electron chi connectivity index (χ3n) is 4.67. The monoisotopic (exact) mass is 380 g/mol. The van der Waals surface area contributed by atoms with Crippen molar-refractivity contribution in [1.29, 1.82) is 0 Å². The molecule has 0 unspecified atom stereocenters. The first-order valence-electron chi connectivity index (χ1n) is 8.52. The SMILES string of the molecule is COP(=O)(OC)C(=O)C(c1ccccc1)(c1ccccc1)c1ccccc1. The second-order valence-corrected chi connectivity index (χ2v) is 8.15. The van der Waals surface area contributed by atoms with Gasteiger partial charge in [0.2, 0.25) is 0 Å². The normalized spacial score (nSPS) is 11.9. The molecule has 0 spiro atoms. The van der Waals surface area contributed by atoms with Crippen molar-refractivity contribution in [1.82, 2.24) is 0 Å². The lowest BCUT2D eigenvalue weighted by molar-refractivity contribution is -0.116. The summed E-state index contributed by atoms with van der Waals surface area (Å²) in [4.78, 5) is 13.8. The molecule has 0 aliphatic carbocycles. The zero-order valence-corrected chi connectivity index (χ0v) is 16.1. The fourth-order valence-corrected chi connectivity index (χ4v) is 4.66. The minimum atomic E-state index is -4.03. The molecule has 0 heterocycles. The highest BCUT2D eigenvalue weighted by atomic mass is 31.2. The number of hydrogen-bond donors (Lipinski definition) is 0. The standard InChI is InChI=1S/C22H21O4P/c1-25-27(24,26-2)21(23)22(18-12-6-3-7-13-18,19-14-8-4-9-15-19)20-16-10-5-11-17-20/h3-17H,1-2H3. The van der Waals surface area contributed by atoms with Crippen LogP contribution in [0.15, 0.2) is 91.0 Å². The van der Waals surface area contributed by atoms with E-state index in [4.69, 9.17) is 9.05 Å². The Morgan fingerprint density at radius 3 is 1.22 bits per heavy atom. The van der Waals surface area contributed by atoms with Gasteiger partial charge in [0.25, 0.3) is 5.52 Å². The van der Waals surface area contributed by atoms with Crippen molar-refractivity contribution in [2.24, 2.45) is 0 Å². The molecular formula is C22H21O4P. The highest BCUT2D eigenvalue weighted by Crippen LogP contribution is 2.57. The van der Waals surface area contributed by atoms with E-state index in [1.54, 1.807) is 0 Å². The van der Waals surface area contributed by atoms with Crippen LogP contribution in [-0.4, -0.2) is 19.7 Å². The van der Waals surface area contributed by atoms with Crippen LogP contribution in [0.3, 0.4) is 0 Å². The van der Waals surface area contributed by atoms with Gasteiger partial charge in [0.05, 0.1) is 0 Å². The van der Waals surface area contributed by atoms with Crippen molar-refractivity contribution in [3.05, 3.63) is 108 Å². The Kier molecular flexibility index (Phi) is 5.71. The smallest absolute Gasteiger partial charge is 0.307 e. The lowest BCUT2D eigenvalue weighted by atomic mass is 9.70. The third kappa shape index (κ3) is 3.28. The summed E-state index contributed by atoms with van der Waals surface area (Å²) in [6, 6.07) is 27.9. The second kappa shape index (κ2) is 8.01. The fraction of sp³-hybridized carbons (Fsp3) is 0.136. The molecule has 0 radical (unpaired) electrons. The Hall–Kier alpha value is -2.52. The number of carbonyl (C=O) groups excluding carboxylic acids is 1. The average Bonchev–Trinajstić information content (AvgIpc) is 2.76. The van der Waals surface area contributed by atoms with Crippen molar-refractivity contribution in [3.8, 4) is 0 Å². The van der Waals surface area contributed by atoms with Gasteiger partial charge in [0.1, 0.15) is 5.41 Å². The van der Waals surface area contributed by atoms with Crippen LogP contribution in [0.4, 0.5) is 0 Å². The average molecular weight is 380 g/mol. The van der Waals surface area contributed by atoms with E-state index in [1.165, 1.54) is 14.2 Å². The molecule has 0 atom stereocenters. The maximum Gasteiger partial charge on any atom is 0.397 e. The minimum Gasteiger partial charge on any atom is -0.307 e. The highest BCUT2D eigenvalue weighted by Gasteiger charge is 2.52. The van der Waals surface area contributed by atoms with Gasteiger partial charge in [0.15, 0.2) is 0 Å². The van der Waals surface area contributed by atoms with Crippen LogP contribution >= 0.6 is 7.60 Å². The predicted molar refractivity (Wildman–Crippen MR) is 106 cm³/mol. The molecule has 27 heavy (non-hydrogen) atoms. The largest absolute Gasteiger partial charge is 0.397 e. The van der Waals surface area contributed by atoms with E-state index in [9.17, 15) is 9.36 Å². The van der Waals surface area contributed by atoms with Crippen molar-refractivity contribution in [2.75, 3.05) is 14.2 Å². The summed E-state index contributed by atoms with van der Waals surface area (Å²) in [7, 11) is -1.57. The van der Waals surface area contributed by atoms with Crippen LogP contribution in [0.2, 0.25) is 0 Å². The Balaban J connectivity index is 2.44. The minimum absolute atomic E-state index is 0.622. The predicted octanol–water partition coefficient (Wildman–Crippen LogP) is 5.03. The molecule has 0 aliphatic rings. The maximum atomic E-state index is 13.8. The van der Waals surface area contributed by atoms with E-state index in [-0.39, 0.29) is 0 Å². The molecule has 5 heteroatoms. The molecule has 138 valence electrons. The van der Waals surface area contributed by atoms with Gasteiger partial charge in [-0.2, -0.15) is 0 Å². The maximum absolute atomic E-state index is 13.8. The summed E-state index contributed by atoms with van der Waals surface area (Å²) in [5.41, 5.74) is 0.138. The fourth-order valence-electron chi connectivity index (χ4n) is 3.38. The zero-order valence-electron chi connectivity index (χ0n) is 15.2. The second-order valence-electron chi connectivity index (χ2n) is 6.02. The van der Waals surface area contributed by atoms with E-state index >= 15 is 0 Å². The summed E-state index contributed by atoms with van der Waals surface area (Å²) in [5, 5.41) is 0. The van der Waals surface area contributed by atoms with E-state index in [0.29, 0.717) is 16.7 Å². The van der Waals surface area contributed by atoms with E-state index in [1.807, 2.05) is 91.0 Å². The zero-order chi connectivity index (χ0) is 19.3. The van der Waals surface area contributed by atoms with Gasteiger partial charge in [-0.15, -0.1) is 0 Å². The summed E-state index contributed by atoms with van der Waals surface area (Å²) >= 11 is 0. The summed E-state index contributed by atoms with van der Waals surface area (Å²) in [5.74, 6) is 0. The van der Waals surface area contributed by atoms with E-state index in [0.717, 1.165) is 0 Å². The van der Waals surface area contributed by atoms with E-state index < -0.39 is 18.5 Å². The Bertz CT molecular complexity index is 835. The van der Waals surface area contributed by atoms with Gasteiger partial charge in [-0.3, -0.25) is 9.36 Å². The quantitative estimate of drug-likeness (QED) is 0.426. The molecule has 0 bridgehead atoms. The number of benzene rings is 3. The lowest BCUT2D eigenvalue weighted by Gasteiger charge is -2.35. The molecule has 0 aromatic heterocycles. The first-order valence-corrected chi connectivity index (χ1v) is 10.1. The number of rotatable bonds is 7. The van der Waals surface area contributed by atoms with Crippen LogP contribution in [0.25, 0.3) is 0 Å². The van der Waals surface area contributed by atoms with Gasteiger partial charge in [-0.25, -0.2) is 0 Å². The summed E-state index contributed by atoms with van der Waals surface area (Å²) in [6.07, 6.45) is 0. The van der Waals surface area contributed by atoms with Gasteiger partial charge in [-0.05, 0) is 16.7 Å². The van der Waals surface area contributed by atoms with Crippen LogP contribution in [0.1, 0.15) is 16.7 Å². The molecule has 4 nitrogen and oxygen atoms in total. The summed E-state index contributed by atoms with van der Waals surface area (Å²) in [6.45, 7) is 0. The molecule has 3 aromatic carbocycles. The van der Waals surface area contributed by atoms with Gasteiger partial charge in [-0.1, -0.05) is 91.0 Å². The lowest BCUT2D eigenvalue weighted by Crippen LogP contribution is -2.39.